The molecule has 0 N–H and O–H groups in total. The molecule has 6 nitrogen and oxygen atoms in total. The summed E-state index contributed by atoms with van der Waals surface area (Å²) < 4.78 is 1.80. The second-order valence-corrected chi connectivity index (χ2v) is 11.0. The number of Topliss-reactive ketones (excluding diaryl/α,β-unsaturated/α-hetero) is 1. The van der Waals surface area contributed by atoms with Gasteiger partial charge in [-0.25, -0.2) is 14.5 Å². The molecule has 2 aliphatic rings. The van der Waals surface area contributed by atoms with E-state index >= 15 is 0 Å². The molecule has 1 aliphatic heterocycles. The molecule has 0 saturated heterocycles. The molecular formula is C27H26ClN5O. The zero-order chi connectivity index (χ0) is 23.8. The predicted octanol–water partition coefficient (Wildman–Crippen LogP) is 5.20. The van der Waals surface area contributed by atoms with Crippen molar-refractivity contribution in [1.29, 1.82) is 0 Å². The molecule has 2 aromatic carbocycles. The Morgan fingerprint density at radius 1 is 1.06 bits per heavy atom. The lowest BCUT2D eigenvalue weighted by molar-refractivity contribution is -0.121. The first-order valence-corrected chi connectivity index (χ1v) is 11.9. The zero-order valence-electron chi connectivity index (χ0n) is 19.8. The van der Waals surface area contributed by atoms with Crippen molar-refractivity contribution in [2.45, 2.75) is 51.4 Å². The second kappa shape index (κ2) is 7.12. The van der Waals surface area contributed by atoms with Gasteiger partial charge in [-0.3, -0.25) is 4.79 Å². The lowest BCUT2D eigenvalue weighted by atomic mass is 9.85. The minimum Gasteiger partial charge on any atom is -0.322 e. The maximum absolute atomic E-state index is 12.4. The Labute approximate surface area is 203 Å². The van der Waals surface area contributed by atoms with Crippen LogP contribution < -0.4 is 4.90 Å². The third-order valence-corrected chi connectivity index (χ3v) is 7.56. The van der Waals surface area contributed by atoms with Crippen LogP contribution in [0.1, 0.15) is 55.8 Å². The van der Waals surface area contributed by atoms with Crippen LogP contribution in [0.2, 0.25) is 5.02 Å². The molecule has 6 rings (SSSR count). The van der Waals surface area contributed by atoms with Gasteiger partial charge in [-0.1, -0.05) is 49.7 Å². The largest absolute Gasteiger partial charge is 0.322 e. The van der Waals surface area contributed by atoms with Gasteiger partial charge in [-0.05, 0) is 48.2 Å². The standard InChI is InChI=1S/C27H26ClN5O/c1-26(2)15-32(21-14-18(28)6-8-20(21)26)24-25-30-23(31-33(25)10-9-29-24)12-16-5-7-19-17(11-16)13-22(34)27(19,3)4/h5-11,14H,12-13,15H2,1-4H3. The fraction of sp³-hybridized carbons (Fsp3) is 0.333. The average molecular weight is 472 g/mol. The van der Waals surface area contributed by atoms with E-state index in [9.17, 15) is 4.79 Å². The molecule has 0 atom stereocenters. The van der Waals surface area contributed by atoms with Gasteiger partial charge in [0, 0.05) is 53.3 Å². The molecule has 7 heteroatoms. The molecule has 2 aromatic heterocycles. The third kappa shape index (κ3) is 3.16. The fourth-order valence-corrected chi connectivity index (χ4v) is 5.58. The number of anilines is 2. The van der Waals surface area contributed by atoms with Crippen LogP contribution >= 0.6 is 11.6 Å². The fourth-order valence-electron chi connectivity index (χ4n) is 5.41. The van der Waals surface area contributed by atoms with Gasteiger partial charge in [-0.15, -0.1) is 0 Å². The number of fused-ring (bicyclic) bond motifs is 3. The summed E-state index contributed by atoms with van der Waals surface area (Å²) in [5, 5.41) is 5.44. The smallest absolute Gasteiger partial charge is 0.199 e. The highest BCUT2D eigenvalue weighted by Gasteiger charge is 2.38. The Bertz CT molecular complexity index is 1490. The molecule has 34 heavy (non-hydrogen) atoms. The number of hydrogen-bond acceptors (Lipinski definition) is 5. The molecule has 0 bridgehead atoms. The second-order valence-electron chi connectivity index (χ2n) is 10.6. The first kappa shape index (κ1) is 21.3. The van der Waals surface area contributed by atoms with Gasteiger partial charge in [0.05, 0.1) is 0 Å². The summed E-state index contributed by atoms with van der Waals surface area (Å²) in [7, 11) is 0. The molecule has 3 heterocycles. The van der Waals surface area contributed by atoms with Gasteiger partial charge in [-0.2, -0.15) is 5.10 Å². The van der Waals surface area contributed by atoms with Crippen molar-refractivity contribution in [3.05, 3.63) is 81.9 Å². The number of rotatable bonds is 3. The van der Waals surface area contributed by atoms with Crippen molar-refractivity contribution < 1.29 is 4.79 Å². The quantitative estimate of drug-likeness (QED) is 0.411. The van der Waals surface area contributed by atoms with Crippen molar-refractivity contribution in [2.24, 2.45) is 0 Å². The minimum atomic E-state index is -0.404. The Kier molecular flexibility index (Phi) is 4.46. The van der Waals surface area contributed by atoms with Gasteiger partial charge >= 0.3 is 0 Å². The Hall–Kier alpha value is -3.25. The maximum Gasteiger partial charge on any atom is 0.199 e. The van der Waals surface area contributed by atoms with E-state index < -0.39 is 5.41 Å². The number of hydrogen-bond donors (Lipinski definition) is 0. The van der Waals surface area contributed by atoms with E-state index in [-0.39, 0.29) is 11.2 Å². The van der Waals surface area contributed by atoms with Crippen molar-refractivity contribution in [3.8, 4) is 0 Å². The molecular weight excluding hydrogens is 446 g/mol. The Morgan fingerprint density at radius 3 is 2.68 bits per heavy atom. The van der Waals surface area contributed by atoms with Crippen LogP contribution in [0.15, 0.2) is 48.8 Å². The SMILES string of the molecule is CC1(C)CN(c2nccn3nc(Cc4ccc5c(c4)CC(=O)C5(C)C)nc23)c2cc(Cl)ccc21. The van der Waals surface area contributed by atoms with Gasteiger partial charge in [0.25, 0.3) is 0 Å². The van der Waals surface area contributed by atoms with E-state index in [2.05, 4.69) is 43.0 Å². The number of benzene rings is 2. The number of carbonyl (C=O) groups excluding carboxylic acids is 1. The van der Waals surface area contributed by atoms with E-state index in [0.29, 0.717) is 17.9 Å². The van der Waals surface area contributed by atoms with Crippen LogP contribution in [0.25, 0.3) is 5.65 Å². The van der Waals surface area contributed by atoms with E-state index in [1.807, 2.05) is 32.2 Å². The number of halogens is 1. The van der Waals surface area contributed by atoms with Crippen molar-refractivity contribution in [2.75, 3.05) is 11.4 Å². The van der Waals surface area contributed by atoms with Gasteiger partial charge in [0.1, 0.15) is 5.78 Å². The number of nitrogens with zero attached hydrogens (tertiary/aromatic N) is 5. The van der Waals surface area contributed by atoms with Crippen LogP contribution in [0, 0.1) is 0 Å². The first-order valence-electron chi connectivity index (χ1n) is 11.6. The summed E-state index contributed by atoms with van der Waals surface area (Å²) in [5.41, 5.74) is 5.94. The molecule has 0 radical (unpaired) electrons. The maximum atomic E-state index is 12.4. The highest BCUT2D eigenvalue weighted by Crippen LogP contribution is 2.45. The van der Waals surface area contributed by atoms with E-state index in [1.165, 1.54) is 5.56 Å². The van der Waals surface area contributed by atoms with Gasteiger partial charge in [0.2, 0.25) is 0 Å². The van der Waals surface area contributed by atoms with Gasteiger partial charge in [0.15, 0.2) is 17.3 Å². The molecule has 0 fully saturated rings. The van der Waals surface area contributed by atoms with Gasteiger partial charge < -0.3 is 4.90 Å². The molecule has 0 unspecified atom stereocenters. The summed E-state index contributed by atoms with van der Waals surface area (Å²) >= 11 is 6.35. The Morgan fingerprint density at radius 2 is 1.85 bits per heavy atom. The van der Waals surface area contributed by atoms with Crippen molar-refractivity contribution in [3.63, 3.8) is 0 Å². The van der Waals surface area contributed by atoms with Crippen LogP contribution in [-0.4, -0.2) is 31.9 Å². The normalized spacial score (nSPS) is 17.9. The molecule has 0 spiro atoms. The Balaban J connectivity index is 1.37. The van der Waals surface area contributed by atoms with Crippen LogP contribution in [0.5, 0.6) is 0 Å². The summed E-state index contributed by atoms with van der Waals surface area (Å²) in [5.74, 6) is 1.77. The summed E-state index contributed by atoms with van der Waals surface area (Å²) in [6, 6.07) is 12.4. The monoisotopic (exact) mass is 471 g/mol. The summed E-state index contributed by atoms with van der Waals surface area (Å²) in [6.45, 7) is 9.25. The van der Waals surface area contributed by atoms with Crippen molar-refractivity contribution in [1.82, 2.24) is 19.6 Å². The first-order chi connectivity index (χ1) is 16.1. The van der Waals surface area contributed by atoms with Crippen LogP contribution in [-0.2, 0) is 28.5 Å². The van der Waals surface area contributed by atoms with Crippen LogP contribution in [0.3, 0.4) is 0 Å². The molecule has 1 aliphatic carbocycles. The average Bonchev–Trinajstić information content (AvgIpc) is 3.37. The molecule has 4 aromatic rings. The molecule has 172 valence electrons. The topological polar surface area (TPSA) is 63.4 Å². The van der Waals surface area contributed by atoms with E-state index in [0.717, 1.165) is 46.2 Å². The molecule has 0 saturated carbocycles. The minimum absolute atomic E-state index is 0.0348. The number of ketones is 1. The summed E-state index contributed by atoms with van der Waals surface area (Å²) in [4.78, 5) is 24.2. The van der Waals surface area contributed by atoms with E-state index in [4.69, 9.17) is 26.7 Å². The highest BCUT2D eigenvalue weighted by atomic mass is 35.5. The van der Waals surface area contributed by atoms with E-state index in [1.54, 1.807) is 10.7 Å². The summed E-state index contributed by atoms with van der Waals surface area (Å²) in [6.07, 6.45) is 4.69. The lowest BCUT2D eigenvalue weighted by Gasteiger charge is -2.21. The lowest BCUT2D eigenvalue weighted by Crippen LogP contribution is -2.26. The van der Waals surface area contributed by atoms with Crippen LogP contribution in [0.4, 0.5) is 11.5 Å². The number of aromatic nitrogens is 4. The number of carbonyl (C=O) groups is 1. The van der Waals surface area contributed by atoms with Crippen molar-refractivity contribution >= 4 is 34.5 Å². The zero-order valence-corrected chi connectivity index (χ0v) is 20.5. The third-order valence-electron chi connectivity index (χ3n) is 7.32. The molecule has 0 amide bonds. The highest BCUT2D eigenvalue weighted by molar-refractivity contribution is 6.31. The predicted molar refractivity (Wildman–Crippen MR) is 133 cm³/mol.